The van der Waals surface area contributed by atoms with Gasteiger partial charge in [-0.25, -0.2) is 0 Å². The third-order valence-corrected chi connectivity index (χ3v) is 3.82. The van der Waals surface area contributed by atoms with Crippen LogP contribution >= 0.6 is 44.3 Å². The van der Waals surface area contributed by atoms with Crippen molar-refractivity contribution in [3.63, 3.8) is 0 Å². The maximum Gasteiger partial charge on any atom is 0.137 e. The van der Waals surface area contributed by atoms with Gasteiger partial charge < -0.3 is 10.1 Å². The van der Waals surface area contributed by atoms with Crippen LogP contribution in [0.15, 0.2) is 51.4 Å². The number of rotatable bonds is 5. The Kier molecular flexibility index (Phi) is 7.59. The van der Waals surface area contributed by atoms with E-state index < -0.39 is 0 Å². The summed E-state index contributed by atoms with van der Waals surface area (Å²) in [7, 11) is 1.69. The Hall–Kier alpha value is -0.550. The molecule has 0 fully saturated rings. The van der Waals surface area contributed by atoms with E-state index in [4.69, 9.17) is 4.74 Å². The fourth-order valence-electron chi connectivity index (χ4n) is 1.91. The van der Waals surface area contributed by atoms with Gasteiger partial charge in [-0.3, -0.25) is 0 Å². The van der Waals surface area contributed by atoms with Crippen molar-refractivity contribution >= 4 is 44.3 Å². The highest BCUT2D eigenvalue weighted by Gasteiger charge is 2.08. The first kappa shape index (κ1) is 17.5. The van der Waals surface area contributed by atoms with Gasteiger partial charge in [-0.2, -0.15) is 0 Å². The van der Waals surface area contributed by atoms with Gasteiger partial charge in [-0.15, -0.1) is 12.4 Å². The molecule has 2 rings (SSSR count). The van der Waals surface area contributed by atoms with Crippen molar-refractivity contribution in [3.8, 4) is 5.75 Å². The number of nitrogens with one attached hydrogen (secondary N) is 1. The maximum absolute atomic E-state index is 5.43. The van der Waals surface area contributed by atoms with Gasteiger partial charge in [0.05, 0.1) is 11.6 Å². The summed E-state index contributed by atoms with van der Waals surface area (Å²) < 4.78 is 7.42. The van der Waals surface area contributed by atoms with Crippen molar-refractivity contribution in [2.24, 2.45) is 0 Å². The minimum absolute atomic E-state index is 0. The summed E-state index contributed by atoms with van der Waals surface area (Å²) >= 11 is 7.01. The quantitative estimate of drug-likeness (QED) is 0.739. The topological polar surface area (TPSA) is 21.3 Å². The third kappa shape index (κ3) is 4.77. The average Bonchev–Trinajstić information content (AvgIpc) is 2.39. The fourth-order valence-corrected chi connectivity index (χ4v) is 3.39. The molecule has 1 N–H and O–H groups in total. The largest absolute Gasteiger partial charge is 0.495 e. The number of methoxy groups -OCH3 is 1. The summed E-state index contributed by atoms with van der Waals surface area (Å²) in [5.74, 6) is 0.878. The van der Waals surface area contributed by atoms with Gasteiger partial charge in [0, 0.05) is 23.1 Å². The number of hydrogen-bond donors (Lipinski definition) is 1. The van der Waals surface area contributed by atoms with Gasteiger partial charge >= 0.3 is 0 Å². The second-order valence-corrected chi connectivity index (χ2v) is 5.94. The lowest BCUT2D eigenvalue weighted by Crippen LogP contribution is -2.13. The number of benzene rings is 2. The fraction of sp³-hybridized carbons (Fsp3) is 0.200. The minimum atomic E-state index is 0. The van der Waals surface area contributed by atoms with Crippen molar-refractivity contribution < 1.29 is 4.74 Å². The second kappa shape index (κ2) is 8.67. The molecule has 108 valence electrons. The zero-order valence-corrected chi connectivity index (χ0v) is 15.0. The Morgan fingerprint density at radius 2 is 1.75 bits per heavy atom. The molecule has 0 radical (unpaired) electrons. The molecule has 20 heavy (non-hydrogen) atoms. The highest BCUT2D eigenvalue weighted by molar-refractivity contribution is 9.11. The molecule has 0 saturated heterocycles. The van der Waals surface area contributed by atoms with Gasteiger partial charge in [-0.1, -0.05) is 46.3 Å². The Morgan fingerprint density at radius 3 is 2.40 bits per heavy atom. The summed E-state index contributed by atoms with van der Waals surface area (Å²) in [6, 6.07) is 14.4. The number of ether oxygens (including phenoxy) is 1. The first-order valence-corrected chi connectivity index (χ1v) is 7.56. The summed E-state index contributed by atoms with van der Waals surface area (Å²) in [4.78, 5) is 0. The van der Waals surface area contributed by atoms with Gasteiger partial charge in [0.25, 0.3) is 0 Å². The van der Waals surface area contributed by atoms with Crippen LogP contribution in [0, 0.1) is 0 Å². The molecule has 0 saturated carbocycles. The summed E-state index contributed by atoms with van der Waals surface area (Å²) in [6.45, 7) is 1.60. The molecule has 0 aliphatic carbocycles. The van der Waals surface area contributed by atoms with E-state index in [0.717, 1.165) is 33.3 Å². The Balaban J connectivity index is 0.00000200. The lowest BCUT2D eigenvalue weighted by molar-refractivity contribution is 0.405. The molecular formula is C15H16Br2ClNO. The van der Waals surface area contributed by atoms with Gasteiger partial charge in [0.15, 0.2) is 0 Å². The van der Waals surface area contributed by atoms with Gasteiger partial charge in [0.2, 0.25) is 0 Å². The van der Waals surface area contributed by atoms with Crippen LogP contribution in [0.2, 0.25) is 0 Å². The molecule has 0 amide bonds. The van der Waals surface area contributed by atoms with Crippen molar-refractivity contribution in [2.45, 2.75) is 13.1 Å². The third-order valence-electron chi connectivity index (χ3n) is 2.78. The van der Waals surface area contributed by atoms with Crippen LogP contribution in [0.3, 0.4) is 0 Å². The van der Waals surface area contributed by atoms with E-state index in [1.54, 1.807) is 7.11 Å². The molecule has 0 bridgehead atoms. The van der Waals surface area contributed by atoms with Crippen LogP contribution in [0.25, 0.3) is 0 Å². The molecule has 5 heteroatoms. The van der Waals surface area contributed by atoms with Crippen molar-refractivity contribution in [2.75, 3.05) is 7.11 Å². The van der Waals surface area contributed by atoms with Crippen LogP contribution in [0.1, 0.15) is 11.1 Å². The molecule has 0 aliphatic heterocycles. The zero-order chi connectivity index (χ0) is 13.7. The lowest BCUT2D eigenvalue weighted by atomic mass is 10.2. The average molecular weight is 422 g/mol. The molecule has 0 atom stereocenters. The van der Waals surface area contributed by atoms with E-state index in [9.17, 15) is 0 Å². The summed E-state index contributed by atoms with van der Waals surface area (Å²) in [5, 5.41) is 3.43. The molecule has 0 unspecified atom stereocenters. The van der Waals surface area contributed by atoms with E-state index in [1.807, 2.05) is 24.3 Å². The number of halogens is 3. The smallest absolute Gasteiger partial charge is 0.137 e. The highest BCUT2D eigenvalue weighted by Crippen LogP contribution is 2.32. The SMILES string of the molecule is COc1c(Br)cc(Br)cc1CNCc1ccccc1.Cl. The van der Waals surface area contributed by atoms with E-state index in [2.05, 4.69) is 55.4 Å². The van der Waals surface area contributed by atoms with Crippen LogP contribution < -0.4 is 10.1 Å². The minimum Gasteiger partial charge on any atom is -0.495 e. The Bertz CT molecular complexity index is 549. The van der Waals surface area contributed by atoms with E-state index in [-0.39, 0.29) is 12.4 Å². The van der Waals surface area contributed by atoms with Gasteiger partial charge in [-0.05, 0) is 33.6 Å². The molecule has 0 aromatic heterocycles. The molecule has 0 spiro atoms. The molecular weight excluding hydrogens is 405 g/mol. The summed E-state index contributed by atoms with van der Waals surface area (Å²) in [6.07, 6.45) is 0. The first-order chi connectivity index (χ1) is 9.20. The van der Waals surface area contributed by atoms with E-state index >= 15 is 0 Å². The predicted molar refractivity (Wildman–Crippen MR) is 92.6 cm³/mol. The highest BCUT2D eigenvalue weighted by atomic mass is 79.9. The van der Waals surface area contributed by atoms with Crippen LogP contribution in [0.5, 0.6) is 5.75 Å². The predicted octanol–water partition coefficient (Wildman–Crippen LogP) is 4.93. The summed E-state index contributed by atoms with van der Waals surface area (Å²) in [5.41, 5.74) is 2.40. The standard InChI is InChI=1S/C15H15Br2NO.ClH/c1-19-15-12(7-13(16)8-14(15)17)10-18-9-11-5-3-2-4-6-11;/h2-8,18H,9-10H2,1H3;1H. The van der Waals surface area contributed by atoms with Crippen molar-refractivity contribution in [3.05, 3.63) is 62.5 Å². The second-order valence-electron chi connectivity index (χ2n) is 4.17. The Labute approximate surface area is 142 Å². The molecule has 2 aromatic rings. The number of hydrogen-bond acceptors (Lipinski definition) is 2. The van der Waals surface area contributed by atoms with E-state index in [1.165, 1.54) is 5.56 Å². The van der Waals surface area contributed by atoms with Crippen molar-refractivity contribution in [1.29, 1.82) is 0 Å². The van der Waals surface area contributed by atoms with E-state index in [0.29, 0.717) is 0 Å². The molecule has 0 aliphatic rings. The van der Waals surface area contributed by atoms with Crippen LogP contribution in [0.4, 0.5) is 0 Å². The zero-order valence-electron chi connectivity index (χ0n) is 11.0. The normalized spacial score (nSPS) is 9.95. The lowest BCUT2D eigenvalue weighted by Gasteiger charge is -2.12. The monoisotopic (exact) mass is 419 g/mol. The molecule has 0 heterocycles. The van der Waals surface area contributed by atoms with Crippen LogP contribution in [-0.4, -0.2) is 7.11 Å². The molecule has 2 aromatic carbocycles. The first-order valence-electron chi connectivity index (χ1n) is 5.97. The van der Waals surface area contributed by atoms with Crippen LogP contribution in [-0.2, 0) is 13.1 Å². The van der Waals surface area contributed by atoms with Crippen molar-refractivity contribution in [1.82, 2.24) is 5.32 Å². The van der Waals surface area contributed by atoms with Gasteiger partial charge in [0.1, 0.15) is 5.75 Å². The maximum atomic E-state index is 5.43. The Morgan fingerprint density at radius 1 is 1.05 bits per heavy atom. The molecule has 2 nitrogen and oxygen atoms in total.